The van der Waals surface area contributed by atoms with Gasteiger partial charge in [-0.25, -0.2) is 0 Å². The van der Waals surface area contributed by atoms with Crippen LogP contribution in [0.3, 0.4) is 0 Å². The van der Waals surface area contributed by atoms with Crippen molar-refractivity contribution in [3.8, 4) is 5.75 Å². The molecule has 0 bridgehead atoms. The Morgan fingerprint density at radius 2 is 1.94 bits per heavy atom. The Morgan fingerprint density at radius 1 is 1.31 bits per heavy atom. The van der Waals surface area contributed by atoms with Crippen LogP contribution in [0.15, 0.2) is 18.2 Å². The zero-order valence-electron chi connectivity index (χ0n) is 8.45. The third-order valence-corrected chi connectivity index (χ3v) is 2.00. The molecule has 88 valence electrons. The molecule has 1 rings (SSSR count). The van der Waals surface area contributed by atoms with Gasteiger partial charge in [0.05, 0.1) is 0 Å². The Balaban J connectivity index is 3.07. The topological polar surface area (TPSA) is 49.7 Å². The van der Waals surface area contributed by atoms with Crippen molar-refractivity contribution in [3.63, 3.8) is 0 Å². The van der Waals surface area contributed by atoms with Crippen molar-refractivity contribution in [2.75, 3.05) is 0 Å². The van der Waals surface area contributed by atoms with Crippen molar-refractivity contribution in [2.45, 2.75) is 19.7 Å². The van der Waals surface area contributed by atoms with Gasteiger partial charge in [0, 0.05) is 0 Å². The maximum Gasteiger partial charge on any atom is 0.573 e. The first-order valence-corrected chi connectivity index (χ1v) is 4.58. The average molecular weight is 234 g/mol. The van der Waals surface area contributed by atoms with Gasteiger partial charge in [-0.15, -0.1) is 13.2 Å². The predicted molar refractivity (Wildman–Crippen MR) is 52.3 cm³/mol. The van der Waals surface area contributed by atoms with Crippen molar-refractivity contribution in [3.05, 3.63) is 23.8 Å². The fourth-order valence-corrected chi connectivity index (χ4v) is 1.24. The van der Waals surface area contributed by atoms with Crippen molar-refractivity contribution in [1.29, 1.82) is 0 Å². The summed E-state index contributed by atoms with van der Waals surface area (Å²) in [5.74, 6) is -0.402. The zero-order valence-corrected chi connectivity index (χ0v) is 8.45. The number of benzene rings is 1. The maximum atomic E-state index is 12.0. The molecule has 0 heterocycles. The van der Waals surface area contributed by atoms with Crippen LogP contribution in [0.4, 0.5) is 13.2 Å². The Bertz CT molecular complexity index is 366. The van der Waals surface area contributed by atoms with Gasteiger partial charge in [0.15, 0.2) is 0 Å². The summed E-state index contributed by atoms with van der Waals surface area (Å²) in [6, 6.07) is 3.68. The van der Waals surface area contributed by atoms with Gasteiger partial charge in [0.1, 0.15) is 5.75 Å². The highest BCUT2D eigenvalue weighted by Gasteiger charge is 2.32. The predicted octanol–water partition coefficient (Wildman–Crippen LogP) is 0.827. The van der Waals surface area contributed by atoms with E-state index < -0.39 is 19.2 Å². The van der Waals surface area contributed by atoms with E-state index in [1.807, 2.05) is 0 Å². The molecule has 0 aromatic heterocycles. The van der Waals surface area contributed by atoms with E-state index in [-0.39, 0.29) is 5.46 Å². The van der Waals surface area contributed by atoms with Crippen LogP contribution < -0.4 is 10.2 Å². The summed E-state index contributed by atoms with van der Waals surface area (Å²) in [4.78, 5) is 0. The van der Waals surface area contributed by atoms with E-state index in [0.717, 1.165) is 6.07 Å². The number of ether oxygens (including phenoxy) is 1. The standard InChI is InChI=1S/C9H10BF3O3/c1-2-6-3-4-7(10(14)15)5-8(6)16-9(11,12)13/h3-5,14-15H,2H2,1H3. The first-order chi connectivity index (χ1) is 7.33. The molecule has 0 saturated carbocycles. The van der Waals surface area contributed by atoms with Crippen molar-refractivity contribution >= 4 is 12.6 Å². The highest BCUT2D eigenvalue weighted by molar-refractivity contribution is 6.58. The monoisotopic (exact) mass is 234 g/mol. The smallest absolute Gasteiger partial charge is 0.423 e. The quantitative estimate of drug-likeness (QED) is 0.761. The van der Waals surface area contributed by atoms with E-state index in [0.29, 0.717) is 12.0 Å². The van der Waals surface area contributed by atoms with Crippen LogP contribution in [0.25, 0.3) is 0 Å². The van der Waals surface area contributed by atoms with Crippen molar-refractivity contribution in [1.82, 2.24) is 0 Å². The third-order valence-electron chi connectivity index (χ3n) is 2.00. The molecule has 0 aliphatic rings. The molecule has 0 unspecified atom stereocenters. The van der Waals surface area contributed by atoms with E-state index in [9.17, 15) is 13.2 Å². The highest BCUT2D eigenvalue weighted by atomic mass is 19.4. The number of hydrogen-bond acceptors (Lipinski definition) is 3. The lowest BCUT2D eigenvalue weighted by Gasteiger charge is -2.13. The van der Waals surface area contributed by atoms with Gasteiger partial charge in [-0.1, -0.05) is 19.1 Å². The van der Waals surface area contributed by atoms with Crippen LogP contribution in [0.1, 0.15) is 12.5 Å². The molecule has 0 spiro atoms. The van der Waals surface area contributed by atoms with Gasteiger partial charge >= 0.3 is 13.5 Å². The van der Waals surface area contributed by atoms with Gasteiger partial charge in [-0.2, -0.15) is 0 Å². The van der Waals surface area contributed by atoms with Crippen LogP contribution in [0.2, 0.25) is 0 Å². The lowest BCUT2D eigenvalue weighted by atomic mass is 9.79. The molecule has 1 aromatic carbocycles. The largest absolute Gasteiger partial charge is 0.573 e. The van der Waals surface area contributed by atoms with Crippen molar-refractivity contribution < 1.29 is 28.0 Å². The molecule has 1 aromatic rings. The molecular weight excluding hydrogens is 224 g/mol. The van der Waals surface area contributed by atoms with Gasteiger partial charge in [-0.3, -0.25) is 0 Å². The van der Waals surface area contributed by atoms with Crippen molar-refractivity contribution in [2.24, 2.45) is 0 Å². The molecular formula is C9H10BF3O3. The second kappa shape index (κ2) is 4.75. The Hall–Kier alpha value is -1.21. The molecule has 0 amide bonds. The van der Waals surface area contributed by atoms with Crippen LogP contribution >= 0.6 is 0 Å². The Kier molecular flexibility index (Phi) is 3.82. The fourth-order valence-electron chi connectivity index (χ4n) is 1.24. The second-order valence-corrected chi connectivity index (χ2v) is 3.14. The summed E-state index contributed by atoms with van der Waals surface area (Å²) in [6.45, 7) is 1.67. The fraction of sp³-hybridized carbons (Fsp3) is 0.333. The molecule has 0 saturated heterocycles. The molecule has 0 aliphatic heterocycles. The van der Waals surface area contributed by atoms with Gasteiger partial charge in [0.25, 0.3) is 0 Å². The van der Waals surface area contributed by atoms with Gasteiger partial charge in [-0.05, 0) is 23.5 Å². The van der Waals surface area contributed by atoms with E-state index >= 15 is 0 Å². The lowest BCUT2D eigenvalue weighted by Crippen LogP contribution is -2.30. The van der Waals surface area contributed by atoms with E-state index in [2.05, 4.69) is 4.74 Å². The zero-order chi connectivity index (χ0) is 12.3. The van der Waals surface area contributed by atoms with Crippen LogP contribution in [0, 0.1) is 0 Å². The average Bonchev–Trinajstić information content (AvgIpc) is 2.15. The minimum absolute atomic E-state index is 0.0450. The highest BCUT2D eigenvalue weighted by Crippen LogP contribution is 2.25. The summed E-state index contributed by atoms with van der Waals surface area (Å²) >= 11 is 0. The van der Waals surface area contributed by atoms with Gasteiger partial charge in [0.2, 0.25) is 0 Å². The number of halogens is 3. The summed E-state index contributed by atoms with van der Waals surface area (Å²) in [6.07, 6.45) is -4.43. The van der Waals surface area contributed by atoms with E-state index in [4.69, 9.17) is 10.0 Å². The van der Waals surface area contributed by atoms with E-state index in [1.165, 1.54) is 12.1 Å². The summed E-state index contributed by atoms with van der Waals surface area (Å²) in [5.41, 5.74) is 0.304. The summed E-state index contributed by atoms with van der Waals surface area (Å²) in [7, 11) is -1.82. The molecule has 0 radical (unpaired) electrons. The molecule has 0 fully saturated rings. The normalized spacial score (nSPS) is 11.4. The van der Waals surface area contributed by atoms with Crippen LogP contribution in [0.5, 0.6) is 5.75 Å². The first kappa shape index (κ1) is 12.9. The number of rotatable bonds is 3. The Morgan fingerprint density at radius 3 is 2.38 bits per heavy atom. The van der Waals surface area contributed by atoms with Crippen LogP contribution in [-0.4, -0.2) is 23.5 Å². The Labute approximate surface area is 90.6 Å². The second-order valence-electron chi connectivity index (χ2n) is 3.14. The minimum atomic E-state index is -4.79. The third kappa shape index (κ3) is 3.43. The number of aryl methyl sites for hydroxylation is 1. The molecule has 3 nitrogen and oxygen atoms in total. The first-order valence-electron chi connectivity index (χ1n) is 4.58. The number of alkyl halides is 3. The molecule has 16 heavy (non-hydrogen) atoms. The molecule has 7 heteroatoms. The van der Waals surface area contributed by atoms with Gasteiger partial charge < -0.3 is 14.8 Å². The number of hydrogen-bond donors (Lipinski definition) is 2. The lowest BCUT2D eigenvalue weighted by molar-refractivity contribution is -0.274. The SMILES string of the molecule is CCc1ccc(B(O)O)cc1OC(F)(F)F. The minimum Gasteiger partial charge on any atom is -0.423 e. The van der Waals surface area contributed by atoms with E-state index in [1.54, 1.807) is 6.92 Å². The summed E-state index contributed by atoms with van der Waals surface area (Å²) in [5, 5.41) is 17.7. The molecule has 0 atom stereocenters. The molecule has 2 N–H and O–H groups in total. The van der Waals surface area contributed by atoms with Crippen LogP contribution in [-0.2, 0) is 6.42 Å². The summed E-state index contributed by atoms with van der Waals surface area (Å²) < 4.78 is 39.9. The molecule has 0 aliphatic carbocycles. The maximum absolute atomic E-state index is 12.0.